The molecule has 0 bridgehead atoms. The molecule has 8 heteroatoms. The first-order valence-electron chi connectivity index (χ1n) is 9.23. The minimum atomic E-state index is 0.380. The monoisotopic (exact) mass is 364 g/mol. The van der Waals surface area contributed by atoms with Gasteiger partial charge < -0.3 is 9.80 Å². The van der Waals surface area contributed by atoms with Crippen LogP contribution in [0.2, 0.25) is 0 Å². The van der Waals surface area contributed by atoms with Crippen LogP contribution in [0.25, 0.3) is 5.82 Å². The van der Waals surface area contributed by atoms with Crippen molar-refractivity contribution < 1.29 is 0 Å². The maximum Gasteiger partial charge on any atom is 0.174 e. The van der Waals surface area contributed by atoms with E-state index in [4.69, 9.17) is 4.98 Å². The normalized spacial score (nSPS) is 16.7. The standard InChI is InChI=1S/C19H24N8/c1-14-10-15(2)27(24-14)19-12-20-11-18(22-19)25(3)13-16-6-5-9-26(16)17-7-4-8-21-23-17/h4,7-8,10-12,16H,5-6,9,13H2,1-3H3. The summed E-state index contributed by atoms with van der Waals surface area (Å²) in [6.07, 6.45) is 7.55. The van der Waals surface area contributed by atoms with Crippen LogP contribution in [0.4, 0.5) is 11.6 Å². The van der Waals surface area contributed by atoms with Gasteiger partial charge in [-0.2, -0.15) is 10.2 Å². The molecule has 1 unspecified atom stereocenters. The number of aromatic nitrogens is 6. The Hall–Kier alpha value is -3.03. The van der Waals surface area contributed by atoms with Crippen LogP contribution in [-0.4, -0.2) is 56.1 Å². The molecule has 4 heterocycles. The van der Waals surface area contributed by atoms with Gasteiger partial charge in [-0.1, -0.05) is 0 Å². The predicted octanol–water partition coefficient (Wildman–Crippen LogP) is 2.17. The molecule has 3 aromatic heterocycles. The fraction of sp³-hybridized carbons (Fsp3) is 0.421. The molecule has 140 valence electrons. The van der Waals surface area contributed by atoms with E-state index in [0.29, 0.717) is 6.04 Å². The summed E-state index contributed by atoms with van der Waals surface area (Å²) in [5, 5.41) is 12.8. The van der Waals surface area contributed by atoms with Crippen LogP contribution in [0, 0.1) is 13.8 Å². The molecule has 4 rings (SSSR count). The lowest BCUT2D eigenvalue weighted by Gasteiger charge is -2.29. The molecule has 27 heavy (non-hydrogen) atoms. The fourth-order valence-corrected chi connectivity index (χ4v) is 3.68. The van der Waals surface area contributed by atoms with Crippen molar-refractivity contribution in [3.8, 4) is 5.82 Å². The van der Waals surface area contributed by atoms with Crippen molar-refractivity contribution in [3.05, 3.63) is 48.2 Å². The summed E-state index contributed by atoms with van der Waals surface area (Å²) in [7, 11) is 2.06. The average Bonchev–Trinajstić information content (AvgIpc) is 3.28. The Bertz CT molecular complexity index is 907. The van der Waals surface area contributed by atoms with Gasteiger partial charge in [0.2, 0.25) is 0 Å². The zero-order valence-corrected chi connectivity index (χ0v) is 15.9. The first-order chi connectivity index (χ1) is 13.1. The van der Waals surface area contributed by atoms with Crippen LogP contribution in [0.1, 0.15) is 24.2 Å². The molecule has 3 aromatic rings. The molecule has 0 radical (unpaired) electrons. The Labute approximate surface area is 158 Å². The highest BCUT2D eigenvalue weighted by molar-refractivity contribution is 5.43. The van der Waals surface area contributed by atoms with Crippen molar-refractivity contribution in [3.63, 3.8) is 0 Å². The van der Waals surface area contributed by atoms with E-state index >= 15 is 0 Å². The SMILES string of the molecule is Cc1cc(C)n(-c2cncc(N(C)CC3CCCN3c3cccnn3)n2)n1. The van der Waals surface area contributed by atoms with Crippen molar-refractivity contribution in [2.24, 2.45) is 0 Å². The molecule has 0 saturated carbocycles. The molecular weight excluding hydrogens is 340 g/mol. The molecule has 1 saturated heterocycles. The first kappa shape index (κ1) is 17.4. The van der Waals surface area contributed by atoms with Crippen LogP contribution in [0.5, 0.6) is 0 Å². The number of rotatable bonds is 5. The van der Waals surface area contributed by atoms with Gasteiger partial charge >= 0.3 is 0 Å². The number of aryl methyl sites for hydroxylation is 2. The Kier molecular flexibility index (Phi) is 4.70. The Morgan fingerprint density at radius 3 is 2.85 bits per heavy atom. The fourth-order valence-electron chi connectivity index (χ4n) is 3.68. The molecule has 0 amide bonds. The van der Waals surface area contributed by atoms with Gasteiger partial charge in [-0.25, -0.2) is 9.67 Å². The maximum atomic E-state index is 4.77. The molecular formula is C19H24N8. The minimum Gasteiger partial charge on any atom is -0.356 e. The zero-order chi connectivity index (χ0) is 18.8. The second kappa shape index (κ2) is 7.30. The van der Waals surface area contributed by atoms with Crippen molar-refractivity contribution in [2.45, 2.75) is 32.7 Å². The maximum absolute atomic E-state index is 4.77. The van der Waals surface area contributed by atoms with Crippen LogP contribution >= 0.6 is 0 Å². The second-order valence-corrected chi connectivity index (χ2v) is 7.03. The third kappa shape index (κ3) is 3.60. The lowest BCUT2D eigenvalue weighted by molar-refractivity contribution is 0.641. The van der Waals surface area contributed by atoms with E-state index in [1.807, 2.05) is 36.7 Å². The summed E-state index contributed by atoms with van der Waals surface area (Å²) >= 11 is 0. The van der Waals surface area contributed by atoms with Gasteiger partial charge in [-0.05, 0) is 44.9 Å². The number of anilines is 2. The van der Waals surface area contributed by atoms with Gasteiger partial charge in [0.05, 0.1) is 18.1 Å². The van der Waals surface area contributed by atoms with E-state index in [1.54, 1.807) is 18.6 Å². The second-order valence-electron chi connectivity index (χ2n) is 7.03. The van der Waals surface area contributed by atoms with Crippen LogP contribution in [-0.2, 0) is 0 Å². The van der Waals surface area contributed by atoms with Crippen LogP contribution in [0.15, 0.2) is 36.8 Å². The van der Waals surface area contributed by atoms with Crippen molar-refractivity contribution in [1.82, 2.24) is 29.9 Å². The number of nitrogens with zero attached hydrogens (tertiary/aromatic N) is 8. The summed E-state index contributed by atoms with van der Waals surface area (Å²) < 4.78 is 1.83. The molecule has 1 aliphatic heterocycles. The molecule has 1 atom stereocenters. The van der Waals surface area contributed by atoms with Gasteiger partial charge in [0.25, 0.3) is 0 Å². The highest BCUT2D eigenvalue weighted by Crippen LogP contribution is 2.24. The van der Waals surface area contributed by atoms with E-state index in [-0.39, 0.29) is 0 Å². The summed E-state index contributed by atoms with van der Waals surface area (Å²) in [5.41, 5.74) is 2.02. The minimum absolute atomic E-state index is 0.380. The van der Waals surface area contributed by atoms with E-state index in [0.717, 1.165) is 54.8 Å². The Morgan fingerprint density at radius 1 is 1.22 bits per heavy atom. The predicted molar refractivity (Wildman–Crippen MR) is 104 cm³/mol. The van der Waals surface area contributed by atoms with Gasteiger partial charge in [0.1, 0.15) is 5.82 Å². The number of hydrogen-bond donors (Lipinski definition) is 0. The summed E-state index contributed by atoms with van der Waals surface area (Å²) in [4.78, 5) is 13.6. The summed E-state index contributed by atoms with van der Waals surface area (Å²) in [6, 6.07) is 6.38. The quantitative estimate of drug-likeness (QED) is 0.687. The zero-order valence-electron chi connectivity index (χ0n) is 15.9. The largest absolute Gasteiger partial charge is 0.356 e. The highest BCUT2D eigenvalue weighted by atomic mass is 15.3. The summed E-state index contributed by atoms with van der Waals surface area (Å²) in [5.74, 6) is 2.52. The number of hydrogen-bond acceptors (Lipinski definition) is 7. The number of likely N-dealkylation sites (N-methyl/N-ethyl adjacent to an activating group) is 1. The van der Waals surface area contributed by atoms with Gasteiger partial charge in [0.15, 0.2) is 11.6 Å². The van der Waals surface area contributed by atoms with Crippen LogP contribution < -0.4 is 9.80 Å². The first-order valence-corrected chi connectivity index (χ1v) is 9.23. The van der Waals surface area contributed by atoms with Crippen LogP contribution in [0.3, 0.4) is 0 Å². The molecule has 1 fully saturated rings. The Morgan fingerprint density at radius 2 is 2.11 bits per heavy atom. The lowest BCUT2D eigenvalue weighted by atomic mass is 10.2. The Balaban J connectivity index is 1.52. The van der Waals surface area contributed by atoms with E-state index in [2.05, 4.69) is 37.1 Å². The smallest absolute Gasteiger partial charge is 0.174 e. The molecule has 0 aromatic carbocycles. The lowest BCUT2D eigenvalue weighted by Crippen LogP contribution is -2.39. The van der Waals surface area contributed by atoms with E-state index < -0.39 is 0 Å². The van der Waals surface area contributed by atoms with Crippen molar-refractivity contribution >= 4 is 11.6 Å². The van der Waals surface area contributed by atoms with E-state index in [1.165, 1.54) is 0 Å². The summed E-state index contributed by atoms with van der Waals surface area (Å²) in [6.45, 7) is 5.87. The molecule has 0 spiro atoms. The van der Waals surface area contributed by atoms with Crippen molar-refractivity contribution in [1.29, 1.82) is 0 Å². The third-order valence-electron chi connectivity index (χ3n) is 4.94. The van der Waals surface area contributed by atoms with Gasteiger partial charge in [-0.3, -0.25) is 4.98 Å². The topological polar surface area (TPSA) is 75.9 Å². The van der Waals surface area contributed by atoms with E-state index in [9.17, 15) is 0 Å². The highest BCUT2D eigenvalue weighted by Gasteiger charge is 2.27. The molecule has 1 aliphatic rings. The van der Waals surface area contributed by atoms with Crippen molar-refractivity contribution in [2.75, 3.05) is 29.9 Å². The third-order valence-corrected chi connectivity index (χ3v) is 4.94. The van der Waals surface area contributed by atoms with Gasteiger partial charge in [-0.15, -0.1) is 5.10 Å². The van der Waals surface area contributed by atoms with Gasteiger partial charge in [0, 0.05) is 38.1 Å². The molecule has 0 aliphatic carbocycles. The molecule has 0 N–H and O–H groups in total. The molecule has 8 nitrogen and oxygen atoms in total. The average molecular weight is 364 g/mol.